The minimum absolute atomic E-state index is 0.207. The molecule has 0 spiro atoms. The Morgan fingerprint density at radius 2 is 1.82 bits per heavy atom. The summed E-state index contributed by atoms with van der Waals surface area (Å²) < 4.78 is 11.2. The monoisotopic (exact) mass is 378 g/mol. The van der Waals surface area contributed by atoms with Crippen molar-refractivity contribution >= 4 is 0 Å². The topological polar surface area (TPSA) is 90.1 Å². The van der Waals surface area contributed by atoms with Crippen LogP contribution in [0.1, 0.15) is 37.6 Å². The third kappa shape index (κ3) is 3.41. The first kappa shape index (κ1) is 17.4. The highest BCUT2D eigenvalue weighted by Crippen LogP contribution is 2.35. The molecule has 0 radical (unpaired) electrons. The van der Waals surface area contributed by atoms with Gasteiger partial charge in [0.1, 0.15) is 6.33 Å². The lowest BCUT2D eigenvalue weighted by molar-refractivity contribution is 0.0243. The van der Waals surface area contributed by atoms with Crippen LogP contribution in [0.3, 0.4) is 0 Å². The predicted octanol–water partition coefficient (Wildman–Crippen LogP) is 2.90. The van der Waals surface area contributed by atoms with Gasteiger partial charge in [0.05, 0.1) is 11.7 Å². The smallest absolute Gasteiger partial charge is 0.244 e. The molecule has 0 aromatic carbocycles. The molecule has 0 saturated carbocycles. The Morgan fingerprint density at radius 3 is 2.61 bits per heavy atom. The minimum atomic E-state index is 0.207. The summed E-state index contributed by atoms with van der Waals surface area (Å²) in [6.07, 6.45) is 11.1. The molecule has 5 rings (SSSR count). The van der Waals surface area contributed by atoms with Crippen LogP contribution in [0.2, 0.25) is 0 Å². The van der Waals surface area contributed by atoms with Gasteiger partial charge in [-0.05, 0) is 44.4 Å². The summed E-state index contributed by atoms with van der Waals surface area (Å²) >= 11 is 0. The van der Waals surface area contributed by atoms with Gasteiger partial charge in [-0.2, -0.15) is 4.98 Å². The molecule has 144 valence electrons. The second-order valence-corrected chi connectivity index (χ2v) is 7.25. The molecule has 0 aliphatic carbocycles. The van der Waals surface area contributed by atoms with Crippen LogP contribution in [0.4, 0.5) is 0 Å². The molecule has 8 nitrogen and oxygen atoms in total. The first-order valence-electron chi connectivity index (χ1n) is 9.77. The molecule has 3 aromatic rings. The number of hydrogen-bond acceptors (Lipinski definition) is 8. The van der Waals surface area contributed by atoms with Crippen LogP contribution < -0.4 is 0 Å². The second kappa shape index (κ2) is 7.73. The van der Waals surface area contributed by atoms with E-state index in [1.54, 1.807) is 18.6 Å². The summed E-state index contributed by atoms with van der Waals surface area (Å²) in [7, 11) is 0. The Morgan fingerprint density at radius 1 is 0.964 bits per heavy atom. The number of ether oxygens (including phenoxy) is 1. The summed E-state index contributed by atoms with van der Waals surface area (Å²) in [5, 5.41) is 4.21. The Kier molecular flexibility index (Phi) is 4.80. The SMILES string of the molecule is c1ncc(-c2ccc(-c3noc([C@@H]4CCCN4C4CCOCC4)n3)cn2)cn1. The Hall–Kier alpha value is -2.71. The van der Waals surface area contributed by atoms with Crippen molar-refractivity contribution in [3.05, 3.63) is 42.9 Å². The van der Waals surface area contributed by atoms with Crippen LogP contribution in [0, 0.1) is 0 Å². The van der Waals surface area contributed by atoms with Crippen LogP contribution >= 0.6 is 0 Å². The van der Waals surface area contributed by atoms with Gasteiger partial charge in [-0.25, -0.2) is 9.97 Å². The summed E-state index contributed by atoms with van der Waals surface area (Å²) in [5.41, 5.74) is 2.53. The highest BCUT2D eigenvalue weighted by atomic mass is 16.5. The Bertz CT molecular complexity index is 908. The average Bonchev–Trinajstić information content (AvgIpc) is 3.45. The van der Waals surface area contributed by atoms with Gasteiger partial charge in [-0.15, -0.1) is 0 Å². The van der Waals surface area contributed by atoms with E-state index in [0.717, 1.165) is 62.3 Å². The van der Waals surface area contributed by atoms with E-state index in [0.29, 0.717) is 17.8 Å². The van der Waals surface area contributed by atoms with Crippen molar-refractivity contribution in [1.82, 2.24) is 30.0 Å². The van der Waals surface area contributed by atoms with Gasteiger partial charge in [0, 0.05) is 49.0 Å². The molecule has 2 saturated heterocycles. The lowest BCUT2D eigenvalue weighted by Gasteiger charge is -2.33. The van der Waals surface area contributed by atoms with Gasteiger partial charge >= 0.3 is 0 Å². The standard InChI is InChI=1S/C20H22N6O2/c1-2-18(26(7-1)16-5-8-27-9-6-16)20-24-19(25-28-20)14-3-4-17(23-12-14)15-10-21-13-22-11-15/h3-4,10-13,16,18H,1-2,5-9H2/t18-/m0/s1. The third-order valence-electron chi connectivity index (χ3n) is 5.56. The van der Waals surface area contributed by atoms with E-state index < -0.39 is 0 Å². The van der Waals surface area contributed by atoms with Gasteiger partial charge in [0.25, 0.3) is 0 Å². The first-order chi connectivity index (χ1) is 13.9. The van der Waals surface area contributed by atoms with E-state index in [1.165, 1.54) is 6.33 Å². The molecule has 28 heavy (non-hydrogen) atoms. The normalized spacial score (nSPS) is 21.2. The quantitative estimate of drug-likeness (QED) is 0.684. The molecule has 2 aliphatic heterocycles. The van der Waals surface area contributed by atoms with Crippen molar-refractivity contribution in [3.8, 4) is 22.6 Å². The Balaban J connectivity index is 1.34. The maximum absolute atomic E-state index is 5.66. The lowest BCUT2D eigenvalue weighted by atomic mass is 10.1. The van der Waals surface area contributed by atoms with E-state index >= 15 is 0 Å². The van der Waals surface area contributed by atoms with Gasteiger partial charge in [0.15, 0.2) is 0 Å². The lowest BCUT2D eigenvalue weighted by Crippen LogP contribution is -2.39. The van der Waals surface area contributed by atoms with Crippen LogP contribution in [-0.4, -0.2) is 55.8 Å². The summed E-state index contributed by atoms with van der Waals surface area (Å²) in [6, 6.07) is 4.63. The third-order valence-corrected chi connectivity index (χ3v) is 5.56. The van der Waals surface area contributed by atoms with Crippen molar-refractivity contribution in [2.24, 2.45) is 0 Å². The number of aromatic nitrogens is 5. The van der Waals surface area contributed by atoms with Crippen molar-refractivity contribution in [2.75, 3.05) is 19.8 Å². The zero-order valence-corrected chi connectivity index (χ0v) is 15.6. The van der Waals surface area contributed by atoms with Gasteiger partial charge < -0.3 is 9.26 Å². The van der Waals surface area contributed by atoms with Crippen LogP contribution in [0.5, 0.6) is 0 Å². The van der Waals surface area contributed by atoms with Crippen LogP contribution in [-0.2, 0) is 4.74 Å². The van der Waals surface area contributed by atoms with E-state index in [1.807, 2.05) is 12.1 Å². The van der Waals surface area contributed by atoms with E-state index in [9.17, 15) is 0 Å². The zero-order valence-electron chi connectivity index (χ0n) is 15.6. The number of pyridine rings is 1. The molecular weight excluding hydrogens is 356 g/mol. The van der Waals surface area contributed by atoms with Crippen molar-refractivity contribution in [2.45, 2.75) is 37.8 Å². The highest BCUT2D eigenvalue weighted by molar-refractivity contribution is 5.61. The molecule has 2 fully saturated rings. The Labute approximate surface area is 163 Å². The largest absolute Gasteiger partial charge is 0.381 e. The van der Waals surface area contributed by atoms with E-state index in [-0.39, 0.29) is 6.04 Å². The van der Waals surface area contributed by atoms with Crippen molar-refractivity contribution in [1.29, 1.82) is 0 Å². The molecule has 0 amide bonds. The van der Waals surface area contributed by atoms with E-state index in [4.69, 9.17) is 14.2 Å². The maximum atomic E-state index is 5.66. The van der Waals surface area contributed by atoms with Crippen molar-refractivity contribution < 1.29 is 9.26 Å². The molecule has 1 atom stereocenters. The average molecular weight is 378 g/mol. The van der Waals surface area contributed by atoms with Crippen LogP contribution in [0.15, 0.2) is 41.6 Å². The molecule has 3 aromatic heterocycles. The van der Waals surface area contributed by atoms with Gasteiger partial charge in [-0.1, -0.05) is 5.16 Å². The molecule has 0 N–H and O–H groups in total. The minimum Gasteiger partial charge on any atom is -0.381 e. The van der Waals surface area contributed by atoms with Crippen molar-refractivity contribution in [3.63, 3.8) is 0 Å². The molecule has 5 heterocycles. The molecule has 2 aliphatic rings. The van der Waals surface area contributed by atoms with Gasteiger partial charge in [0.2, 0.25) is 11.7 Å². The summed E-state index contributed by atoms with van der Waals surface area (Å²) in [5.74, 6) is 1.29. The molecule has 8 heteroatoms. The van der Waals surface area contributed by atoms with Gasteiger partial charge in [-0.3, -0.25) is 9.88 Å². The predicted molar refractivity (Wildman–Crippen MR) is 101 cm³/mol. The fourth-order valence-electron chi connectivity index (χ4n) is 4.12. The number of nitrogens with zero attached hydrogens (tertiary/aromatic N) is 6. The number of rotatable bonds is 4. The number of hydrogen-bond donors (Lipinski definition) is 0. The first-order valence-corrected chi connectivity index (χ1v) is 9.77. The molecule has 0 unspecified atom stereocenters. The maximum Gasteiger partial charge on any atom is 0.244 e. The summed E-state index contributed by atoms with van der Waals surface area (Å²) in [4.78, 5) is 19.8. The number of likely N-dealkylation sites (tertiary alicyclic amines) is 1. The fraction of sp³-hybridized carbons (Fsp3) is 0.450. The van der Waals surface area contributed by atoms with Crippen LogP contribution in [0.25, 0.3) is 22.6 Å². The molecular formula is C20H22N6O2. The highest BCUT2D eigenvalue weighted by Gasteiger charge is 2.36. The van der Waals surface area contributed by atoms with E-state index in [2.05, 4.69) is 25.0 Å². The fourth-order valence-corrected chi connectivity index (χ4v) is 4.12. The second-order valence-electron chi connectivity index (χ2n) is 7.25. The zero-order chi connectivity index (χ0) is 18.8. The summed E-state index contributed by atoms with van der Waals surface area (Å²) in [6.45, 7) is 2.77. The molecule has 0 bridgehead atoms.